The Hall–Kier alpha value is -2.69. The first kappa shape index (κ1) is 22.0. The summed E-state index contributed by atoms with van der Waals surface area (Å²) in [6.07, 6.45) is 0. The first-order valence-electron chi connectivity index (χ1n) is 9.72. The quantitative estimate of drug-likeness (QED) is 0.404. The molecular weight excluding hydrogens is 419 g/mol. The highest BCUT2D eigenvalue weighted by molar-refractivity contribution is 6.35. The first-order valence-corrected chi connectivity index (χ1v) is 10.5. The molecule has 3 aromatic rings. The SMILES string of the molecule is CC(C)C(=O)Nc1ccc(NCc2ccc(OCc3c(Cl)cccc3Cl)cc2)cc1. The number of anilines is 2. The lowest BCUT2D eigenvalue weighted by Crippen LogP contribution is -2.17. The average molecular weight is 443 g/mol. The molecule has 3 aromatic carbocycles. The number of rotatable bonds is 8. The second kappa shape index (κ2) is 10.4. The summed E-state index contributed by atoms with van der Waals surface area (Å²) in [7, 11) is 0. The Kier molecular flexibility index (Phi) is 7.61. The lowest BCUT2D eigenvalue weighted by atomic mass is 10.2. The lowest BCUT2D eigenvalue weighted by Gasteiger charge is -2.11. The fourth-order valence-corrected chi connectivity index (χ4v) is 3.20. The Balaban J connectivity index is 1.50. The summed E-state index contributed by atoms with van der Waals surface area (Å²) in [6, 6.07) is 20.9. The molecule has 0 aromatic heterocycles. The second-order valence-corrected chi connectivity index (χ2v) is 8.02. The Labute approximate surface area is 187 Å². The number of carbonyl (C=O) groups is 1. The third-order valence-electron chi connectivity index (χ3n) is 4.54. The van der Waals surface area contributed by atoms with Crippen molar-refractivity contribution in [2.75, 3.05) is 10.6 Å². The fraction of sp³-hybridized carbons (Fsp3) is 0.208. The summed E-state index contributed by atoms with van der Waals surface area (Å²) in [5.41, 5.74) is 3.67. The summed E-state index contributed by atoms with van der Waals surface area (Å²) in [6.45, 7) is 4.73. The number of benzene rings is 3. The molecular formula is C24H24Cl2N2O2. The maximum absolute atomic E-state index is 11.7. The van der Waals surface area contributed by atoms with E-state index in [9.17, 15) is 4.79 Å². The third-order valence-corrected chi connectivity index (χ3v) is 5.25. The third kappa shape index (κ3) is 6.15. The molecule has 0 bridgehead atoms. The van der Waals surface area contributed by atoms with E-state index in [0.29, 0.717) is 23.2 Å². The van der Waals surface area contributed by atoms with Crippen LogP contribution in [0.25, 0.3) is 0 Å². The molecule has 2 N–H and O–H groups in total. The fourth-order valence-electron chi connectivity index (χ4n) is 2.69. The van der Waals surface area contributed by atoms with Gasteiger partial charge in [-0.05, 0) is 54.1 Å². The van der Waals surface area contributed by atoms with Crippen molar-refractivity contribution in [1.82, 2.24) is 0 Å². The maximum Gasteiger partial charge on any atom is 0.226 e. The van der Waals surface area contributed by atoms with Gasteiger partial charge in [0.15, 0.2) is 0 Å². The molecule has 6 heteroatoms. The first-order chi connectivity index (χ1) is 14.4. The Morgan fingerprint density at radius 1 is 0.900 bits per heavy atom. The van der Waals surface area contributed by atoms with E-state index in [1.165, 1.54) is 0 Å². The Morgan fingerprint density at radius 2 is 1.50 bits per heavy atom. The highest BCUT2D eigenvalue weighted by Crippen LogP contribution is 2.26. The normalized spacial score (nSPS) is 10.7. The highest BCUT2D eigenvalue weighted by Gasteiger charge is 2.07. The van der Waals surface area contributed by atoms with Gasteiger partial charge in [0.2, 0.25) is 5.91 Å². The van der Waals surface area contributed by atoms with Crippen molar-refractivity contribution in [3.05, 3.63) is 87.9 Å². The molecule has 0 heterocycles. The van der Waals surface area contributed by atoms with Crippen molar-refractivity contribution in [2.24, 2.45) is 5.92 Å². The summed E-state index contributed by atoms with van der Waals surface area (Å²) in [5.74, 6) is 0.714. The minimum atomic E-state index is -0.0450. The number of nitrogens with one attached hydrogen (secondary N) is 2. The van der Waals surface area contributed by atoms with Crippen LogP contribution in [0.5, 0.6) is 5.75 Å². The van der Waals surface area contributed by atoms with Gasteiger partial charge in [0.1, 0.15) is 12.4 Å². The highest BCUT2D eigenvalue weighted by atomic mass is 35.5. The molecule has 0 saturated carbocycles. The topological polar surface area (TPSA) is 50.4 Å². The van der Waals surface area contributed by atoms with Crippen LogP contribution >= 0.6 is 23.2 Å². The van der Waals surface area contributed by atoms with Crippen LogP contribution in [0.3, 0.4) is 0 Å². The zero-order valence-electron chi connectivity index (χ0n) is 16.9. The molecule has 0 atom stereocenters. The van der Waals surface area contributed by atoms with Gasteiger partial charge < -0.3 is 15.4 Å². The van der Waals surface area contributed by atoms with Crippen LogP contribution in [0.1, 0.15) is 25.0 Å². The summed E-state index contributed by atoms with van der Waals surface area (Å²) >= 11 is 12.4. The molecule has 0 spiro atoms. The van der Waals surface area contributed by atoms with E-state index in [1.807, 2.05) is 68.4 Å². The summed E-state index contributed by atoms with van der Waals surface area (Å²) in [5, 5.41) is 7.44. The van der Waals surface area contributed by atoms with Gasteiger partial charge in [-0.15, -0.1) is 0 Å². The van der Waals surface area contributed by atoms with Crippen LogP contribution in [0.2, 0.25) is 10.0 Å². The van der Waals surface area contributed by atoms with Crippen LogP contribution in [-0.4, -0.2) is 5.91 Å². The minimum absolute atomic E-state index is 0.00910. The summed E-state index contributed by atoms with van der Waals surface area (Å²) in [4.78, 5) is 11.7. The van der Waals surface area contributed by atoms with Crippen molar-refractivity contribution >= 4 is 40.5 Å². The van der Waals surface area contributed by atoms with E-state index in [4.69, 9.17) is 27.9 Å². The zero-order valence-corrected chi connectivity index (χ0v) is 18.4. The molecule has 1 amide bonds. The number of hydrogen-bond donors (Lipinski definition) is 2. The van der Waals surface area contributed by atoms with Gasteiger partial charge in [-0.25, -0.2) is 0 Å². The van der Waals surface area contributed by atoms with E-state index in [2.05, 4.69) is 10.6 Å². The van der Waals surface area contributed by atoms with E-state index >= 15 is 0 Å². The Morgan fingerprint density at radius 3 is 2.10 bits per heavy atom. The molecule has 0 saturated heterocycles. The predicted octanol–water partition coefficient (Wildman–Crippen LogP) is 6.78. The van der Waals surface area contributed by atoms with Crippen LogP contribution in [-0.2, 0) is 17.9 Å². The number of carbonyl (C=O) groups excluding carboxylic acids is 1. The summed E-state index contributed by atoms with van der Waals surface area (Å²) < 4.78 is 5.81. The molecule has 0 aliphatic rings. The van der Waals surface area contributed by atoms with Crippen LogP contribution in [0.15, 0.2) is 66.7 Å². The minimum Gasteiger partial charge on any atom is -0.489 e. The van der Waals surface area contributed by atoms with Crippen molar-refractivity contribution in [3.63, 3.8) is 0 Å². The molecule has 0 aliphatic heterocycles. The number of ether oxygens (including phenoxy) is 1. The van der Waals surface area contributed by atoms with Gasteiger partial charge in [-0.2, -0.15) is 0 Å². The average Bonchev–Trinajstić information content (AvgIpc) is 2.73. The van der Waals surface area contributed by atoms with Crippen LogP contribution < -0.4 is 15.4 Å². The van der Waals surface area contributed by atoms with Crippen molar-refractivity contribution < 1.29 is 9.53 Å². The lowest BCUT2D eigenvalue weighted by molar-refractivity contribution is -0.118. The van der Waals surface area contributed by atoms with Gasteiger partial charge in [-0.1, -0.05) is 55.2 Å². The smallest absolute Gasteiger partial charge is 0.226 e. The van der Waals surface area contributed by atoms with Crippen molar-refractivity contribution in [3.8, 4) is 5.75 Å². The zero-order chi connectivity index (χ0) is 21.5. The largest absolute Gasteiger partial charge is 0.489 e. The molecule has 3 rings (SSSR count). The maximum atomic E-state index is 11.7. The standard InChI is InChI=1S/C24H24Cl2N2O2/c1-16(2)24(29)28-19-10-8-18(9-11-19)27-14-17-6-12-20(13-7-17)30-15-21-22(25)4-3-5-23(21)26/h3-13,16,27H,14-15H2,1-2H3,(H,28,29). The van der Waals surface area contributed by atoms with E-state index in [-0.39, 0.29) is 11.8 Å². The van der Waals surface area contributed by atoms with Gasteiger partial charge in [-0.3, -0.25) is 4.79 Å². The molecule has 0 unspecified atom stereocenters. The van der Waals surface area contributed by atoms with Crippen LogP contribution in [0.4, 0.5) is 11.4 Å². The van der Waals surface area contributed by atoms with Crippen molar-refractivity contribution in [2.45, 2.75) is 27.0 Å². The molecule has 4 nitrogen and oxygen atoms in total. The Bertz CT molecular complexity index is 967. The molecule has 0 fully saturated rings. The van der Waals surface area contributed by atoms with E-state index < -0.39 is 0 Å². The van der Waals surface area contributed by atoms with Gasteiger partial charge in [0, 0.05) is 39.4 Å². The second-order valence-electron chi connectivity index (χ2n) is 7.21. The number of amides is 1. The van der Waals surface area contributed by atoms with Crippen molar-refractivity contribution in [1.29, 1.82) is 0 Å². The molecule has 0 aliphatic carbocycles. The van der Waals surface area contributed by atoms with Crippen LogP contribution in [0, 0.1) is 5.92 Å². The van der Waals surface area contributed by atoms with Gasteiger partial charge in [0.25, 0.3) is 0 Å². The number of halogens is 2. The predicted molar refractivity (Wildman–Crippen MR) is 124 cm³/mol. The molecule has 30 heavy (non-hydrogen) atoms. The van der Waals surface area contributed by atoms with Gasteiger partial charge >= 0.3 is 0 Å². The molecule has 156 valence electrons. The van der Waals surface area contributed by atoms with E-state index in [1.54, 1.807) is 12.1 Å². The number of hydrogen-bond acceptors (Lipinski definition) is 3. The van der Waals surface area contributed by atoms with Gasteiger partial charge in [0.05, 0.1) is 0 Å². The van der Waals surface area contributed by atoms with E-state index in [0.717, 1.165) is 28.3 Å². The molecule has 0 radical (unpaired) electrons. The monoisotopic (exact) mass is 442 g/mol.